The summed E-state index contributed by atoms with van der Waals surface area (Å²) in [5, 5.41) is 0. The van der Waals surface area contributed by atoms with Gasteiger partial charge in [0.15, 0.2) is 0 Å². The average Bonchev–Trinajstić information content (AvgIpc) is 2.38. The van der Waals surface area contributed by atoms with Crippen LogP contribution in [-0.2, 0) is 5.75 Å². The Bertz CT molecular complexity index is 489. The average molecular weight is 286 g/mol. The maximum atomic E-state index is 12.6. The predicted octanol–water partition coefficient (Wildman–Crippen LogP) is 5.17. The van der Waals surface area contributed by atoms with E-state index in [2.05, 4.69) is 12.6 Å². The summed E-state index contributed by atoms with van der Waals surface area (Å²) >= 11 is 4.25. The lowest BCUT2D eigenvalue weighted by Crippen LogP contribution is -2.24. The number of hydrogen-bond acceptors (Lipinski definition) is 1. The molecule has 4 heteroatoms. The monoisotopic (exact) mass is 286 g/mol. The molecule has 0 heterocycles. The number of rotatable bonds is 2. The van der Waals surface area contributed by atoms with E-state index in [1.165, 1.54) is 0 Å². The molecule has 0 fully saturated rings. The highest BCUT2D eigenvalue weighted by Gasteiger charge is 2.39. The second-order valence-electron chi connectivity index (χ2n) is 5.04. The zero-order chi connectivity index (χ0) is 14.0. The fourth-order valence-electron chi connectivity index (χ4n) is 2.47. The van der Waals surface area contributed by atoms with Crippen LogP contribution in [0.5, 0.6) is 0 Å². The van der Waals surface area contributed by atoms with E-state index in [1.54, 1.807) is 6.08 Å². The van der Waals surface area contributed by atoms with Gasteiger partial charge in [-0.15, -0.1) is 0 Å². The zero-order valence-corrected chi connectivity index (χ0v) is 11.7. The van der Waals surface area contributed by atoms with Crippen LogP contribution >= 0.6 is 12.6 Å². The Balaban J connectivity index is 2.16. The van der Waals surface area contributed by atoms with E-state index in [0.717, 1.165) is 22.3 Å². The second-order valence-corrected chi connectivity index (χ2v) is 5.36. The first kappa shape index (κ1) is 14.5. The van der Waals surface area contributed by atoms with Crippen LogP contribution in [0.3, 0.4) is 0 Å². The van der Waals surface area contributed by atoms with Crippen LogP contribution in [0.25, 0.3) is 5.57 Å². The highest BCUT2D eigenvalue weighted by molar-refractivity contribution is 7.79. The fraction of sp³-hybridized carbons (Fsp3) is 0.467. The lowest BCUT2D eigenvalue weighted by Gasteiger charge is -2.24. The predicted molar refractivity (Wildman–Crippen MR) is 75.2 cm³/mol. The third-order valence-corrected chi connectivity index (χ3v) is 4.10. The van der Waals surface area contributed by atoms with E-state index in [9.17, 15) is 13.2 Å². The molecule has 19 heavy (non-hydrogen) atoms. The molecule has 0 amide bonds. The van der Waals surface area contributed by atoms with Gasteiger partial charge in [0.25, 0.3) is 0 Å². The smallest absolute Gasteiger partial charge is 0.175 e. The van der Waals surface area contributed by atoms with Crippen molar-refractivity contribution in [1.29, 1.82) is 0 Å². The van der Waals surface area contributed by atoms with Crippen molar-refractivity contribution >= 4 is 18.2 Å². The Morgan fingerprint density at radius 2 is 2.05 bits per heavy atom. The molecule has 1 aromatic rings. The first-order chi connectivity index (χ1) is 8.91. The van der Waals surface area contributed by atoms with E-state index < -0.39 is 12.1 Å². The van der Waals surface area contributed by atoms with Gasteiger partial charge in [0.05, 0.1) is 5.92 Å². The minimum absolute atomic E-state index is 0.103. The molecule has 1 aliphatic carbocycles. The van der Waals surface area contributed by atoms with Gasteiger partial charge in [0.1, 0.15) is 0 Å². The summed E-state index contributed by atoms with van der Waals surface area (Å²) in [6, 6.07) is 6.04. The van der Waals surface area contributed by atoms with Gasteiger partial charge in [0.2, 0.25) is 0 Å². The zero-order valence-electron chi connectivity index (χ0n) is 10.8. The SMILES string of the molecule is Cc1cc(C2=CCC(C(F)(F)F)CC2)ccc1CS. The summed E-state index contributed by atoms with van der Waals surface area (Å²) in [5.41, 5.74) is 4.39. The van der Waals surface area contributed by atoms with E-state index in [1.807, 2.05) is 25.1 Å². The number of halogens is 3. The first-order valence-corrected chi connectivity index (χ1v) is 7.01. The van der Waals surface area contributed by atoms with Gasteiger partial charge in [-0.05, 0) is 48.4 Å². The molecular weight excluding hydrogens is 269 g/mol. The van der Waals surface area contributed by atoms with Crippen molar-refractivity contribution < 1.29 is 13.2 Å². The maximum absolute atomic E-state index is 12.6. The van der Waals surface area contributed by atoms with Crippen molar-refractivity contribution in [2.75, 3.05) is 0 Å². The molecule has 0 radical (unpaired) electrons. The Labute approximate surface area is 117 Å². The molecule has 104 valence electrons. The van der Waals surface area contributed by atoms with Gasteiger partial charge in [-0.25, -0.2) is 0 Å². The normalized spacial score (nSPS) is 20.3. The molecule has 0 bridgehead atoms. The Hall–Kier alpha value is -0.900. The van der Waals surface area contributed by atoms with Gasteiger partial charge in [-0.1, -0.05) is 24.3 Å². The summed E-state index contributed by atoms with van der Waals surface area (Å²) < 4.78 is 37.8. The Kier molecular flexibility index (Phi) is 4.29. The molecule has 1 aromatic carbocycles. The summed E-state index contributed by atoms with van der Waals surface area (Å²) in [6.45, 7) is 2.01. The van der Waals surface area contributed by atoms with Crippen LogP contribution in [0.4, 0.5) is 13.2 Å². The quantitative estimate of drug-likeness (QED) is 0.712. The second kappa shape index (κ2) is 5.61. The minimum atomic E-state index is -4.06. The number of alkyl halides is 3. The van der Waals surface area contributed by atoms with Crippen LogP contribution < -0.4 is 0 Å². The molecule has 1 aliphatic rings. The number of hydrogen-bond donors (Lipinski definition) is 1. The van der Waals surface area contributed by atoms with Crippen LogP contribution in [-0.4, -0.2) is 6.18 Å². The number of benzene rings is 1. The van der Waals surface area contributed by atoms with Crippen LogP contribution in [0, 0.1) is 12.8 Å². The van der Waals surface area contributed by atoms with Crippen LogP contribution in [0.2, 0.25) is 0 Å². The first-order valence-electron chi connectivity index (χ1n) is 6.38. The number of allylic oxidation sites excluding steroid dienone is 2. The molecular formula is C15H17F3S. The van der Waals surface area contributed by atoms with Crippen molar-refractivity contribution in [3.8, 4) is 0 Å². The third kappa shape index (κ3) is 3.35. The van der Waals surface area contributed by atoms with E-state index in [4.69, 9.17) is 0 Å². The van der Waals surface area contributed by atoms with E-state index in [-0.39, 0.29) is 12.8 Å². The molecule has 0 aliphatic heterocycles. The van der Waals surface area contributed by atoms with Gasteiger partial charge < -0.3 is 0 Å². The van der Waals surface area contributed by atoms with E-state index in [0.29, 0.717) is 12.2 Å². The summed E-state index contributed by atoms with van der Waals surface area (Å²) in [4.78, 5) is 0. The summed E-state index contributed by atoms with van der Waals surface area (Å²) in [6.07, 6.45) is -1.51. The largest absolute Gasteiger partial charge is 0.392 e. The lowest BCUT2D eigenvalue weighted by molar-refractivity contribution is -0.175. The van der Waals surface area contributed by atoms with Crippen molar-refractivity contribution in [3.05, 3.63) is 41.0 Å². The topological polar surface area (TPSA) is 0 Å². The molecule has 0 N–H and O–H groups in total. The Morgan fingerprint density at radius 1 is 1.32 bits per heavy atom. The highest BCUT2D eigenvalue weighted by Crippen LogP contribution is 2.39. The Morgan fingerprint density at radius 3 is 2.53 bits per heavy atom. The molecule has 0 saturated carbocycles. The van der Waals surface area contributed by atoms with Crippen molar-refractivity contribution in [2.45, 2.75) is 38.1 Å². The van der Waals surface area contributed by atoms with Crippen LogP contribution in [0.1, 0.15) is 36.0 Å². The molecule has 1 unspecified atom stereocenters. The number of aryl methyl sites for hydroxylation is 1. The standard InChI is InChI=1S/C15H17F3S/c1-10-8-12(2-3-13(10)9-19)11-4-6-14(7-5-11)15(16,17)18/h2-4,8,14,19H,5-7,9H2,1H3. The highest BCUT2D eigenvalue weighted by atomic mass is 32.1. The van der Waals surface area contributed by atoms with Gasteiger partial charge in [0, 0.05) is 5.75 Å². The number of thiol groups is 1. The molecule has 0 aromatic heterocycles. The summed E-state index contributed by atoms with van der Waals surface area (Å²) in [5.74, 6) is -0.490. The fourth-order valence-corrected chi connectivity index (χ4v) is 2.82. The van der Waals surface area contributed by atoms with Crippen molar-refractivity contribution in [3.63, 3.8) is 0 Å². The van der Waals surface area contributed by atoms with Gasteiger partial charge in [-0.3, -0.25) is 0 Å². The maximum Gasteiger partial charge on any atom is 0.392 e. The lowest BCUT2D eigenvalue weighted by atomic mass is 9.85. The van der Waals surface area contributed by atoms with E-state index >= 15 is 0 Å². The summed E-state index contributed by atoms with van der Waals surface area (Å²) in [7, 11) is 0. The van der Waals surface area contributed by atoms with Crippen LogP contribution in [0.15, 0.2) is 24.3 Å². The molecule has 0 nitrogen and oxygen atoms in total. The molecule has 0 saturated heterocycles. The minimum Gasteiger partial charge on any atom is -0.175 e. The molecule has 2 rings (SSSR count). The third-order valence-electron chi connectivity index (χ3n) is 3.76. The van der Waals surface area contributed by atoms with Crippen molar-refractivity contribution in [1.82, 2.24) is 0 Å². The molecule has 1 atom stereocenters. The van der Waals surface area contributed by atoms with Gasteiger partial charge in [-0.2, -0.15) is 25.8 Å². The van der Waals surface area contributed by atoms with Gasteiger partial charge >= 0.3 is 6.18 Å². The molecule has 0 spiro atoms. The van der Waals surface area contributed by atoms with Crippen molar-refractivity contribution in [2.24, 2.45) is 5.92 Å².